The van der Waals surface area contributed by atoms with Crippen LogP contribution in [0.25, 0.3) is 16.7 Å². The topological polar surface area (TPSA) is 90.5 Å². The Morgan fingerprint density at radius 3 is 2.34 bits per heavy atom. The third kappa shape index (κ3) is 4.26. The Hall–Kier alpha value is -4.46. The van der Waals surface area contributed by atoms with Crippen LogP contribution in [-0.4, -0.2) is 25.1 Å². The van der Waals surface area contributed by atoms with Crippen molar-refractivity contribution in [2.24, 2.45) is 0 Å². The van der Waals surface area contributed by atoms with Crippen LogP contribution in [0, 0.1) is 27.7 Å². The molecule has 35 heavy (non-hydrogen) atoms. The number of benzene rings is 3. The van der Waals surface area contributed by atoms with Gasteiger partial charge in [0.2, 0.25) is 11.6 Å². The normalized spacial score (nSPS) is 11.2. The molecule has 8 nitrogen and oxygen atoms in total. The molecule has 0 fully saturated rings. The quantitative estimate of drug-likeness (QED) is 0.404. The van der Waals surface area contributed by atoms with Crippen LogP contribution in [0.1, 0.15) is 22.3 Å². The zero-order valence-corrected chi connectivity index (χ0v) is 20.0. The van der Waals surface area contributed by atoms with Gasteiger partial charge in [0, 0.05) is 5.69 Å². The van der Waals surface area contributed by atoms with Crippen molar-refractivity contribution in [2.45, 2.75) is 34.2 Å². The standard InChI is InChI=1S/C27H25N5O3/c1-16-9-11-20(12-10-16)35-26-25-30-31(27(34)32(25)22-8-6-5-7-21(22)28-26)15-23(33)29-24-18(3)13-17(2)14-19(24)4/h5-14H,15H2,1-4H3,(H,29,33). The molecule has 0 unspecified atom stereocenters. The molecule has 0 bridgehead atoms. The molecule has 5 rings (SSSR count). The van der Waals surface area contributed by atoms with Crippen LogP contribution in [0.4, 0.5) is 5.69 Å². The lowest BCUT2D eigenvalue weighted by Crippen LogP contribution is -2.28. The number of aryl methyl sites for hydroxylation is 4. The number of carbonyl (C=O) groups is 1. The highest BCUT2D eigenvalue weighted by atomic mass is 16.5. The van der Waals surface area contributed by atoms with Crippen molar-refractivity contribution in [3.05, 3.63) is 93.4 Å². The molecule has 0 aliphatic rings. The Morgan fingerprint density at radius 1 is 0.943 bits per heavy atom. The molecular weight excluding hydrogens is 442 g/mol. The summed E-state index contributed by atoms with van der Waals surface area (Å²) in [5, 5.41) is 7.36. The number of fused-ring (bicyclic) bond motifs is 3. The second kappa shape index (κ2) is 8.72. The van der Waals surface area contributed by atoms with Crippen LogP contribution in [0.5, 0.6) is 11.6 Å². The van der Waals surface area contributed by atoms with Gasteiger partial charge >= 0.3 is 5.69 Å². The first-order valence-corrected chi connectivity index (χ1v) is 11.3. The van der Waals surface area contributed by atoms with E-state index in [1.807, 2.05) is 76.2 Å². The number of hydrogen-bond donors (Lipinski definition) is 1. The fourth-order valence-corrected chi connectivity index (χ4v) is 4.25. The van der Waals surface area contributed by atoms with E-state index in [1.54, 1.807) is 12.1 Å². The van der Waals surface area contributed by atoms with Gasteiger partial charge in [0.15, 0.2) is 0 Å². The van der Waals surface area contributed by atoms with Gasteiger partial charge < -0.3 is 10.1 Å². The molecule has 5 aromatic rings. The predicted octanol–water partition coefficient (Wildman–Crippen LogP) is 4.71. The summed E-state index contributed by atoms with van der Waals surface area (Å²) >= 11 is 0. The molecule has 176 valence electrons. The van der Waals surface area contributed by atoms with Crippen LogP contribution in [0.2, 0.25) is 0 Å². The van der Waals surface area contributed by atoms with Crippen molar-refractivity contribution in [1.29, 1.82) is 0 Å². The van der Waals surface area contributed by atoms with E-state index in [2.05, 4.69) is 15.4 Å². The average molecular weight is 468 g/mol. The predicted molar refractivity (Wildman–Crippen MR) is 135 cm³/mol. The van der Waals surface area contributed by atoms with E-state index in [-0.39, 0.29) is 24.0 Å². The molecule has 1 N–H and O–H groups in total. The first-order valence-electron chi connectivity index (χ1n) is 11.3. The lowest BCUT2D eigenvalue weighted by molar-refractivity contribution is -0.117. The molecule has 0 radical (unpaired) electrons. The summed E-state index contributed by atoms with van der Waals surface area (Å²) in [7, 11) is 0. The first kappa shape index (κ1) is 22.3. The number of nitrogens with one attached hydrogen (secondary N) is 1. The maximum Gasteiger partial charge on any atom is 0.351 e. The number of carbonyl (C=O) groups excluding carboxylic acids is 1. The van der Waals surface area contributed by atoms with Crippen LogP contribution >= 0.6 is 0 Å². The lowest BCUT2D eigenvalue weighted by atomic mass is 10.1. The number of hydrogen-bond acceptors (Lipinski definition) is 5. The average Bonchev–Trinajstić information content (AvgIpc) is 3.14. The molecule has 0 aliphatic heterocycles. The Balaban J connectivity index is 1.55. The fourth-order valence-electron chi connectivity index (χ4n) is 4.25. The summed E-state index contributed by atoms with van der Waals surface area (Å²) < 4.78 is 8.59. The fraction of sp³-hybridized carbons (Fsp3) is 0.185. The molecule has 3 aromatic carbocycles. The second-order valence-corrected chi connectivity index (χ2v) is 8.74. The maximum atomic E-state index is 13.4. The Morgan fingerprint density at radius 2 is 1.63 bits per heavy atom. The van der Waals surface area contributed by atoms with E-state index in [0.717, 1.165) is 32.6 Å². The first-order chi connectivity index (χ1) is 16.8. The number of amides is 1. The molecule has 0 aliphatic carbocycles. The van der Waals surface area contributed by atoms with Gasteiger partial charge in [0.1, 0.15) is 12.3 Å². The van der Waals surface area contributed by atoms with Crippen LogP contribution in [0.3, 0.4) is 0 Å². The van der Waals surface area contributed by atoms with Gasteiger partial charge in [-0.05, 0) is 63.1 Å². The zero-order valence-electron chi connectivity index (χ0n) is 20.0. The molecule has 2 heterocycles. The monoisotopic (exact) mass is 467 g/mol. The van der Waals surface area contributed by atoms with E-state index in [4.69, 9.17) is 4.74 Å². The van der Waals surface area contributed by atoms with Crippen LogP contribution < -0.4 is 15.7 Å². The van der Waals surface area contributed by atoms with Crippen molar-refractivity contribution in [2.75, 3.05) is 5.32 Å². The SMILES string of the molecule is Cc1ccc(Oc2nc3ccccc3n3c(=O)n(CC(=O)Nc4c(C)cc(C)cc4C)nc23)cc1. The van der Waals surface area contributed by atoms with Crippen molar-refractivity contribution in [3.8, 4) is 11.6 Å². The van der Waals surface area contributed by atoms with Gasteiger partial charge in [-0.25, -0.2) is 18.9 Å². The van der Waals surface area contributed by atoms with Gasteiger partial charge in [-0.2, -0.15) is 0 Å². The van der Waals surface area contributed by atoms with Gasteiger partial charge in [-0.15, -0.1) is 5.10 Å². The summed E-state index contributed by atoms with van der Waals surface area (Å²) in [6.45, 7) is 7.64. The zero-order chi connectivity index (χ0) is 24.7. The van der Waals surface area contributed by atoms with Gasteiger partial charge in [-0.3, -0.25) is 4.79 Å². The van der Waals surface area contributed by atoms with E-state index >= 15 is 0 Å². The molecule has 0 saturated heterocycles. The highest BCUT2D eigenvalue weighted by molar-refractivity contribution is 5.92. The van der Waals surface area contributed by atoms with E-state index in [9.17, 15) is 9.59 Å². The van der Waals surface area contributed by atoms with E-state index in [0.29, 0.717) is 16.8 Å². The molecule has 0 spiro atoms. The van der Waals surface area contributed by atoms with Crippen molar-refractivity contribution < 1.29 is 9.53 Å². The minimum Gasteiger partial charge on any atom is -0.436 e. The van der Waals surface area contributed by atoms with Crippen molar-refractivity contribution in [3.63, 3.8) is 0 Å². The summed E-state index contributed by atoms with van der Waals surface area (Å²) in [6, 6.07) is 18.8. The Kier molecular flexibility index (Phi) is 5.56. The van der Waals surface area contributed by atoms with Gasteiger partial charge in [0.05, 0.1) is 11.0 Å². The molecule has 1 amide bonds. The second-order valence-electron chi connectivity index (χ2n) is 8.74. The van der Waals surface area contributed by atoms with Crippen LogP contribution in [0.15, 0.2) is 65.5 Å². The van der Waals surface area contributed by atoms with Gasteiger partial charge in [0.25, 0.3) is 5.88 Å². The summed E-state index contributed by atoms with van der Waals surface area (Å²) in [6.07, 6.45) is 0. The number of ether oxygens (including phenoxy) is 1. The summed E-state index contributed by atoms with van der Waals surface area (Å²) in [5.74, 6) is 0.420. The number of para-hydroxylation sites is 2. The highest BCUT2D eigenvalue weighted by Gasteiger charge is 2.19. The Labute approximate surface area is 201 Å². The lowest BCUT2D eigenvalue weighted by Gasteiger charge is -2.12. The van der Waals surface area contributed by atoms with E-state index < -0.39 is 5.69 Å². The molecule has 0 atom stereocenters. The van der Waals surface area contributed by atoms with Crippen molar-refractivity contribution in [1.82, 2.24) is 19.2 Å². The third-order valence-electron chi connectivity index (χ3n) is 5.85. The minimum absolute atomic E-state index is 0.189. The highest BCUT2D eigenvalue weighted by Crippen LogP contribution is 2.26. The maximum absolute atomic E-state index is 13.4. The number of anilines is 1. The minimum atomic E-state index is -0.445. The summed E-state index contributed by atoms with van der Waals surface area (Å²) in [5.41, 5.74) is 5.84. The third-order valence-corrected chi connectivity index (χ3v) is 5.85. The smallest absolute Gasteiger partial charge is 0.351 e. The molecule has 2 aromatic heterocycles. The summed E-state index contributed by atoms with van der Waals surface area (Å²) in [4.78, 5) is 30.9. The molecule has 8 heteroatoms. The Bertz CT molecular complexity index is 1630. The molecule has 0 saturated carbocycles. The van der Waals surface area contributed by atoms with Crippen molar-refractivity contribution >= 4 is 28.3 Å². The van der Waals surface area contributed by atoms with Gasteiger partial charge in [-0.1, -0.05) is 47.5 Å². The van der Waals surface area contributed by atoms with E-state index in [1.165, 1.54) is 4.40 Å². The number of aromatic nitrogens is 4. The molecular formula is C27H25N5O3. The van der Waals surface area contributed by atoms with Crippen LogP contribution in [-0.2, 0) is 11.3 Å². The number of nitrogens with zero attached hydrogens (tertiary/aromatic N) is 4. The largest absolute Gasteiger partial charge is 0.436 e. The number of rotatable bonds is 5.